The molecule has 2 fully saturated rings. The number of benzene rings is 1. The molecule has 6 nitrogen and oxygen atoms in total. The van der Waals surface area contributed by atoms with Gasteiger partial charge in [0, 0.05) is 39.5 Å². The molecule has 2 unspecified atom stereocenters. The highest BCUT2D eigenvalue weighted by Crippen LogP contribution is 2.62. The summed E-state index contributed by atoms with van der Waals surface area (Å²) in [5.41, 5.74) is 4.10. The van der Waals surface area contributed by atoms with Crippen LogP contribution in [0, 0.1) is 28.6 Å². The summed E-state index contributed by atoms with van der Waals surface area (Å²) in [6, 6.07) is 11.3. The summed E-state index contributed by atoms with van der Waals surface area (Å²) >= 11 is 0. The smallest absolute Gasteiger partial charge is 0.148 e. The summed E-state index contributed by atoms with van der Waals surface area (Å²) in [5, 5.41) is 10.6. The van der Waals surface area contributed by atoms with Crippen molar-refractivity contribution in [3.8, 4) is 17.2 Å². The van der Waals surface area contributed by atoms with E-state index in [9.17, 15) is 5.26 Å². The molecule has 0 spiro atoms. The lowest BCUT2D eigenvalue weighted by molar-refractivity contribution is 0.0899. The number of nitrogens with zero attached hydrogens (tertiary/aromatic N) is 5. The van der Waals surface area contributed by atoms with Crippen molar-refractivity contribution >= 4 is 24.9 Å². The summed E-state index contributed by atoms with van der Waals surface area (Å²) in [6.45, 7) is 15.1. The van der Waals surface area contributed by atoms with Crippen molar-refractivity contribution in [1.29, 1.82) is 5.26 Å². The average Bonchev–Trinajstić information content (AvgIpc) is 3.15. The Kier molecular flexibility index (Phi) is 6.22. The third kappa shape index (κ3) is 4.87. The highest BCUT2D eigenvalue weighted by molar-refractivity contribution is 6.76. The predicted octanol–water partition coefficient (Wildman–Crippen LogP) is 6.15. The molecule has 1 aliphatic heterocycles. The van der Waals surface area contributed by atoms with Crippen molar-refractivity contribution in [1.82, 2.24) is 14.5 Å². The number of aromatic nitrogens is 3. The highest BCUT2D eigenvalue weighted by Gasteiger charge is 2.59. The number of fused-ring (bicyclic) bond motifs is 2. The van der Waals surface area contributed by atoms with Gasteiger partial charge in [0.1, 0.15) is 24.5 Å². The zero-order valence-corrected chi connectivity index (χ0v) is 22.7. The molecule has 1 aromatic carbocycles. The molecule has 0 radical (unpaired) electrons. The van der Waals surface area contributed by atoms with Gasteiger partial charge in [-0.2, -0.15) is 5.26 Å². The van der Waals surface area contributed by atoms with E-state index in [1.54, 1.807) is 6.33 Å². The molecule has 35 heavy (non-hydrogen) atoms. The molecule has 5 rings (SSSR count). The number of piperidine rings is 1. The van der Waals surface area contributed by atoms with Gasteiger partial charge >= 0.3 is 0 Å². The molecule has 2 aliphatic rings. The van der Waals surface area contributed by atoms with Gasteiger partial charge in [0.2, 0.25) is 0 Å². The molecule has 184 valence electrons. The fourth-order valence-corrected chi connectivity index (χ4v) is 6.60. The summed E-state index contributed by atoms with van der Waals surface area (Å²) in [4.78, 5) is 12.0. The number of hydrogen-bond acceptors (Lipinski definition) is 5. The third-order valence-electron chi connectivity index (χ3n) is 7.58. The van der Waals surface area contributed by atoms with E-state index in [1.807, 2.05) is 18.2 Å². The van der Waals surface area contributed by atoms with Crippen LogP contribution in [-0.4, -0.2) is 42.3 Å². The fraction of sp³-hybridized carbons (Fsp3) is 0.536. The van der Waals surface area contributed by atoms with Gasteiger partial charge in [-0.15, -0.1) is 0 Å². The van der Waals surface area contributed by atoms with Gasteiger partial charge in [0.15, 0.2) is 0 Å². The number of nitriles is 1. The number of rotatable bonds is 9. The second-order valence-corrected chi connectivity index (χ2v) is 17.8. The quantitative estimate of drug-likeness (QED) is 0.267. The van der Waals surface area contributed by atoms with E-state index in [0.717, 1.165) is 59.6 Å². The maximum Gasteiger partial charge on any atom is 0.148 e. The third-order valence-corrected chi connectivity index (χ3v) is 9.29. The molecule has 1 aliphatic carbocycles. The number of anilines is 1. The van der Waals surface area contributed by atoms with Gasteiger partial charge in [0.25, 0.3) is 0 Å². The van der Waals surface area contributed by atoms with Crippen molar-refractivity contribution in [2.45, 2.75) is 59.1 Å². The lowest BCUT2D eigenvalue weighted by atomic mass is 9.93. The average molecular weight is 488 g/mol. The van der Waals surface area contributed by atoms with Crippen LogP contribution in [0.1, 0.15) is 32.3 Å². The first-order chi connectivity index (χ1) is 16.7. The molecular formula is C28H37N5OSi. The first-order valence-corrected chi connectivity index (χ1v) is 16.6. The van der Waals surface area contributed by atoms with E-state index in [0.29, 0.717) is 23.6 Å². The number of ether oxygens (including phenoxy) is 1. The Bertz CT molecular complexity index is 1270. The van der Waals surface area contributed by atoms with E-state index in [-0.39, 0.29) is 0 Å². The molecule has 7 heteroatoms. The van der Waals surface area contributed by atoms with E-state index in [1.165, 1.54) is 12.8 Å². The Morgan fingerprint density at radius 3 is 2.83 bits per heavy atom. The van der Waals surface area contributed by atoms with Crippen molar-refractivity contribution in [2.24, 2.45) is 17.3 Å². The zero-order valence-electron chi connectivity index (χ0n) is 21.7. The Hall–Kier alpha value is -2.69. The lowest BCUT2D eigenvalue weighted by Crippen LogP contribution is -2.26. The topological polar surface area (TPSA) is 67.0 Å². The molecule has 0 N–H and O–H groups in total. The molecule has 3 heterocycles. The molecule has 0 bridgehead atoms. The molecule has 3 aromatic rings. The van der Waals surface area contributed by atoms with Gasteiger partial charge in [0.05, 0.1) is 17.0 Å². The minimum atomic E-state index is -1.15. The van der Waals surface area contributed by atoms with E-state index in [4.69, 9.17) is 14.7 Å². The van der Waals surface area contributed by atoms with Crippen LogP contribution in [0.3, 0.4) is 0 Å². The van der Waals surface area contributed by atoms with Crippen LogP contribution in [-0.2, 0) is 11.5 Å². The van der Waals surface area contributed by atoms with Crippen LogP contribution in [0.5, 0.6) is 0 Å². The minimum Gasteiger partial charge on any atom is -0.361 e. The summed E-state index contributed by atoms with van der Waals surface area (Å²) in [5.74, 6) is 2.50. The normalized spacial score (nSPS) is 21.5. The molecule has 2 aromatic heterocycles. The fourth-order valence-electron chi connectivity index (χ4n) is 5.85. The predicted molar refractivity (Wildman–Crippen MR) is 144 cm³/mol. The minimum absolute atomic E-state index is 0.453. The summed E-state index contributed by atoms with van der Waals surface area (Å²) in [7, 11) is -1.15. The van der Waals surface area contributed by atoms with Crippen molar-refractivity contribution in [3.63, 3.8) is 0 Å². The Morgan fingerprint density at radius 1 is 1.26 bits per heavy atom. The van der Waals surface area contributed by atoms with Crippen LogP contribution in [0.4, 0.5) is 5.82 Å². The highest BCUT2D eigenvalue weighted by atomic mass is 28.3. The molecule has 0 amide bonds. The Labute approximate surface area is 210 Å². The second-order valence-electron chi connectivity index (χ2n) is 12.2. The first-order valence-electron chi connectivity index (χ1n) is 12.9. The maximum atomic E-state index is 9.49. The monoisotopic (exact) mass is 487 g/mol. The van der Waals surface area contributed by atoms with Gasteiger partial charge < -0.3 is 14.2 Å². The van der Waals surface area contributed by atoms with Crippen LogP contribution in [0.25, 0.3) is 22.2 Å². The van der Waals surface area contributed by atoms with Crippen molar-refractivity contribution < 1.29 is 4.74 Å². The maximum absolute atomic E-state index is 9.49. The van der Waals surface area contributed by atoms with E-state index < -0.39 is 8.07 Å². The summed E-state index contributed by atoms with van der Waals surface area (Å²) < 4.78 is 8.23. The van der Waals surface area contributed by atoms with E-state index >= 15 is 0 Å². The summed E-state index contributed by atoms with van der Waals surface area (Å²) in [6.07, 6.45) is 6.46. The van der Waals surface area contributed by atoms with Crippen LogP contribution >= 0.6 is 0 Å². The largest absolute Gasteiger partial charge is 0.361 e. The standard InChI is InChI=1S/C28H37N5OSi/c1-20(2)12-28-13-23(28)15-32(17-28)26-25-24(22-8-6-7-21(11-22)14-29)16-33(27(25)31-18-30-26)19-34-9-10-35(3,4)5/h6-8,11,16,18,20,23H,9-10,12-13,15,17,19H2,1-5H3. The van der Waals surface area contributed by atoms with Gasteiger partial charge in [-0.25, -0.2) is 9.97 Å². The van der Waals surface area contributed by atoms with Gasteiger partial charge in [-0.3, -0.25) is 0 Å². The van der Waals surface area contributed by atoms with Crippen molar-refractivity contribution in [3.05, 3.63) is 42.4 Å². The van der Waals surface area contributed by atoms with Crippen molar-refractivity contribution in [2.75, 3.05) is 24.6 Å². The Morgan fingerprint density at radius 2 is 2.09 bits per heavy atom. The SMILES string of the molecule is CC(C)CC12CC1CN(c1ncnc3c1c(-c1cccc(C#N)c1)cn3COCC[Si](C)(C)C)C2. The lowest BCUT2D eigenvalue weighted by Gasteiger charge is -2.24. The van der Waals surface area contributed by atoms with Crippen LogP contribution in [0.15, 0.2) is 36.8 Å². The van der Waals surface area contributed by atoms with Gasteiger partial charge in [-0.1, -0.05) is 45.6 Å². The second kappa shape index (κ2) is 9.07. The molecule has 1 saturated carbocycles. The molecule has 1 saturated heterocycles. The Balaban J connectivity index is 1.52. The molecular weight excluding hydrogens is 450 g/mol. The van der Waals surface area contributed by atoms with Crippen LogP contribution < -0.4 is 4.90 Å². The number of hydrogen-bond donors (Lipinski definition) is 0. The van der Waals surface area contributed by atoms with E-state index in [2.05, 4.69) is 61.3 Å². The first kappa shape index (κ1) is 24.0. The van der Waals surface area contributed by atoms with Gasteiger partial charge in [-0.05, 0) is 53.8 Å². The molecule has 2 atom stereocenters. The van der Waals surface area contributed by atoms with Crippen LogP contribution in [0.2, 0.25) is 25.7 Å². The zero-order chi connectivity index (χ0) is 24.8.